The van der Waals surface area contributed by atoms with Crippen LogP contribution in [0.25, 0.3) is 0 Å². The van der Waals surface area contributed by atoms with Crippen molar-refractivity contribution in [3.63, 3.8) is 0 Å². The number of hydrogen-bond donors (Lipinski definition) is 2. The molecule has 0 heterocycles. The number of carboxylic acids is 1. The Labute approximate surface area is 212 Å². The van der Waals surface area contributed by atoms with Crippen molar-refractivity contribution in [2.24, 2.45) is 4.99 Å². The van der Waals surface area contributed by atoms with E-state index in [9.17, 15) is 20.1 Å². The molecule has 1 fully saturated rings. The second kappa shape index (κ2) is 14.3. The molecule has 0 spiro atoms. The molecule has 1 aliphatic rings. The number of phenolic OH excluding ortho intramolecular Hbond substituents is 1. The summed E-state index contributed by atoms with van der Waals surface area (Å²) in [6, 6.07) is 16.6. The van der Waals surface area contributed by atoms with E-state index in [-0.39, 0.29) is 41.7 Å². The summed E-state index contributed by atoms with van der Waals surface area (Å²) in [6.07, 6.45) is 6.00. The fourth-order valence-corrected chi connectivity index (χ4v) is 3.25. The number of carbonyl (C=O) groups is 1. The number of hydrogen-bond acceptors (Lipinski definition) is 6. The number of carboxylic acid groups (broad SMARTS) is 1. The van der Waals surface area contributed by atoms with Crippen LogP contribution in [0.15, 0.2) is 59.6 Å². The predicted molar refractivity (Wildman–Crippen MR) is 119 cm³/mol. The van der Waals surface area contributed by atoms with E-state index >= 15 is 0 Å². The van der Waals surface area contributed by atoms with Crippen molar-refractivity contribution in [1.82, 2.24) is 0 Å². The molecule has 1 saturated carbocycles. The third kappa shape index (κ3) is 10.2. The van der Waals surface area contributed by atoms with Gasteiger partial charge in [0, 0.05) is 18.2 Å². The quantitative estimate of drug-likeness (QED) is 0.446. The number of aromatic hydroxyl groups is 1. The fraction of sp³-hybridized carbons (Fsp3) is 0.440. The topological polar surface area (TPSA) is 102 Å². The van der Waals surface area contributed by atoms with Gasteiger partial charge in [0.05, 0.1) is 0 Å². The third-order valence-corrected chi connectivity index (χ3v) is 5.19. The molecule has 6 nitrogen and oxygen atoms in total. The van der Waals surface area contributed by atoms with E-state index in [0.29, 0.717) is 18.0 Å². The Hall–Kier alpha value is -1.86. The van der Waals surface area contributed by atoms with Gasteiger partial charge in [0.2, 0.25) is 0 Å². The summed E-state index contributed by atoms with van der Waals surface area (Å²) in [6.45, 7) is 3.76. The van der Waals surface area contributed by atoms with Crippen LogP contribution in [0.2, 0.25) is 0 Å². The van der Waals surface area contributed by atoms with Crippen molar-refractivity contribution >= 4 is 12.2 Å². The summed E-state index contributed by atoms with van der Waals surface area (Å²) < 4.78 is 5.84. The van der Waals surface area contributed by atoms with Crippen LogP contribution >= 0.6 is 0 Å². The van der Waals surface area contributed by atoms with Gasteiger partial charge >= 0.3 is 29.6 Å². The van der Waals surface area contributed by atoms with Crippen LogP contribution in [-0.4, -0.2) is 40.1 Å². The first kappa shape index (κ1) is 28.2. The zero-order valence-corrected chi connectivity index (χ0v) is 21.2. The molecule has 0 aromatic heterocycles. The van der Waals surface area contributed by atoms with Crippen LogP contribution in [0.3, 0.4) is 0 Å². The van der Waals surface area contributed by atoms with Crippen LogP contribution in [0.1, 0.15) is 51.5 Å². The average molecular weight is 450 g/mol. The number of para-hydroxylation sites is 2. The van der Waals surface area contributed by atoms with E-state index in [4.69, 9.17) is 4.74 Å². The van der Waals surface area contributed by atoms with Crippen LogP contribution in [0.5, 0.6) is 11.5 Å². The molecule has 1 aliphatic carbocycles. The Bertz CT molecular complexity index is 835. The summed E-state index contributed by atoms with van der Waals surface area (Å²) in [4.78, 5) is 14.6. The van der Waals surface area contributed by atoms with Crippen molar-refractivity contribution in [3.05, 3.63) is 60.2 Å². The maximum absolute atomic E-state index is 10.2. The Morgan fingerprint density at radius 1 is 1.16 bits per heavy atom. The number of aliphatic imine (C=N–C) groups is 1. The first-order chi connectivity index (χ1) is 14.8. The summed E-state index contributed by atoms with van der Waals surface area (Å²) in [5.41, 5.74) is -0.0367. The van der Waals surface area contributed by atoms with Crippen molar-refractivity contribution < 1.29 is 54.4 Å². The van der Waals surface area contributed by atoms with Crippen LogP contribution in [0, 0.1) is 0 Å². The van der Waals surface area contributed by atoms with E-state index in [1.54, 1.807) is 24.4 Å². The summed E-state index contributed by atoms with van der Waals surface area (Å²) in [5, 5.41) is 29.5. The summed E-state index contributed by atoms with van der Waals surface area (Å²) in [7, 11) is 0. The monoisotopic (exact) mass is 449 g/mol. The second-order valence-corrected chi connectivity index (χ2v) is 8.20. The van der Waals surface area contributed by atoms with Gasteiger partial charge in [0.15, 0.2) is 0 Å². The van der Waals surface area contributed by atoms with Crippen molar-refractivity contribution in [2.75, 3.05) is 0 Å². The number of aliphatic carboxylic acids is 1. The standard InChI is InChI=1S/C16H23NO2.C9H10O3.Na/c1-16(2,19-14-10-4-3-5-11-14)15(18)12-17-13-8-6-7-9-13;10-8-4-2-1-3-7(8)5-6-9(11)12;/h3-5,10-13,15,18H,6-9H2,1-2H3;1-4,10H,5-6H2,(H,11,12);/q;;+1/p-1/t15-;;/m1../s1. The van der Waals surface area contributed by atoms with Gasteiger partial charge in [-0.2, -0.15) is 0 Å². The Morgan fingerprint density at radius 2 is 1.75 bits per heavy atom. The first-order valence-corrected chi connectivity index (χ1v) is 10.7. The molecule has 0 unspecified atom stereocenters. The van der Waals surface area contributed by atoms with Crippen LogP contribution in [0.4, 0.5) is 0 Å². The van der Waals surface area contributed by atoms with Gasteiger partial charge in [0.1, 0.15) is 23.2 Å². The minimum Gasteiger partial charge on any atom is -0.550 e. The molecule has 3 rings (SSSR count). The normalized spacial score (nSPS) is 14.8. The SMILES string of the molecule is CC(C)(Oc1ccccc1)[C@H](O)C=NC1CCCC1.O=C([O-])CCc1ccccc1O.[Na+]. The van der Waals surface area contributed by atoms with Gasteiger partial charge in [-0.15, -0.1) is 0 Å². The number of aliphatic hydroxyl groups excluding tert-OH is 1. The van der Waals surface area contributed by atoms with Gasteiger partial charge in [0.25, 0.3) is 0 Å². The summed E-state index contributed by atoms with van der Waals surface area (Å²) >= 11 is 0. The van der Waals surface area contributed by atoms with Gasteiger partial charge in [-0.25, -0.2) is 0 Å². The number of rotatable bonds is 8. The molecule has 1 atom stereocenters. The van der Waals surface area contributed by atoms with Crippen LogP contribution < -0.4 is 39.4 Å². The van der Waals surface area contributed by atoms with Gasteiger partial charge < -0.3 is 24.9 Å². The molecule has 32 heavy (non-hydrogen) atoms. The number of aliphatic hydroxyl groups is 1. The molecule has 2 aromatic rings. The molecule has 2 N–H and O–H groups in total. The van der Waals surface area contributed by atoms with Gasteiger partial charge in [-0.3, -0.25) is 4.99 Å². The Kier molecular flexibility index (Phi) is 12.6. The van der Waals surface area contributed by atoms with Crippen molar-refractivity contribution in [3.8, 4) is 11.5 Å². The average Bonchev–Trinajstić information content (AvgIpc) is 3.26. The number of nitrogens with zero attached hydrogens (tertiary/aromatic N) is 1. The summed E-state index contributed by atoms with van der Waals surface area (Å²) in [5.74, 6) is -0.196. The number of benzene rings is 2. The number of ether oxygens (including phenoxy) is 1. The fourth-order valence-electron chi connectivity index (χ4n) is 3.25. The number of phenols is 1. The molecule has 2 aromatic carbocycles. The van der Waals surface area contributed by atoms with Gasteiger partial charge in [-0.1, -0.05) is 49.2 Å². The maximum atomic E-state index is 10.2. The maximum Gasteiger partial charge on any atom is 1.00 e. The smallest absolute Gasteiger partial charge is 0.550 e. The molecular weight excluding hydrogens is 417 g/mol. The van der Waals surface area contributed by atoms with E-state index in [1.807, 2.05) is 44.2 Å². The number of carbonyl (C=O) groups excluding carboxylic acids is 1. The molecule has 0 aliphatic heterocycles. The van der Waals surface area contributed by atoms with E-state index in [2.05, 4.69) is 4.99 Å². The first-order valence-electron chi connectivity index (χ1n) is 10.7. The predicted octanol–water partition coefficient (Wildman–Crippen LogP) is 0.297. The molecule has 0 saturated heterocycles. The molecule has 168 valence electrons. The minimum atomic E-state index is -1.10. The van der Waals surface area contributed by atoms with Crippen molar-refractivity contribution in [2.45, 2.75) is 70.1 Å². The Morgan fingerprint density at radius 3 is 2.34 bits per heavy atom. The zero-order chi connectivity index (χ0) is 22.7. The zero-order valence-electron chi connectivity index (χ0n) is 19.2. The largest absolute Gasteiger partial charge is 1.00 e. The van der Waals surface area contributed by atoms with E-state index < -0.39 is 17.7 Å². The Balaban J connectivity index is 0.000000342. The van der Waals surface area contributed by atoms with Crippen molar-refractivity contribution in [1.29, 1.82) is 0 Å². The van der Waals surface area contributed by atoms with Crippen LogP contribution in [-0.2, 0) is 11.2 Å². The molecule has 0 amide bonds. The third-order valence-electron chi connectivity index (χ3n) is 5.19. The van der Waals surface area contributed by atoms with Gasteiger partial charge in [-0.05, 0) is 63.3 Å². The molecule has 0 bridgehead atoms. The second-order valence-electron chi connectivity index (χ2n) is 8.20. The molecular formula is C25H32NNaO5. The number of aryl methyl sites for hydroxylation is 1. The molecule has 7 heteroatoms. The van der Waals surface area contributed by atoms with E-state index in [1.165, 1.54) is 18.9 Å². The van der Waals surface area contributed by atoms with E-state index in [0.717, 1.165) is 18.6 Å². The molecule has 0 radical (unpaired) electrons. The minimum absolute atomic E-state index is 0.